The van der Waals surface area contributed by atoms with Crippen LogP contribution in [0.3, 0.4) is 0 Å². The average Bonchev–Trinajstić information content (AvgIpc) is 2.85. The van der Waals surface area contributed by atoms with Crippen molar-refractivity contribution in [2.45, 2.75) is 91.3 Å². The van der Waals surface area contributed by atoms with Gasteiger partial charge in [-0.2, -0.15) is 5.10 Å². The van der Waals surface area contributed by atoms with Crippen LogP contribution < -0.4 is 5.32 Å². The Labute approximate surface area is 125 Å². The van der Waals surface area contributed by atoms with Crippen LogP contribution in [0.4, 0.5) is 0 Å². The molecule has 0 aliphatic rings. The van der Waals surface area contributed by atoms with Crippen LogP contribution in [-0.2, 0) is 6.42 Å². The van der Waals surface area contributed by atoms with E-state index in [0.29, 0.717) is 18.1 Å². The number of nitrogens with zero attached hydrogens (tertiary/aromatic N) is 2. The van der Waals surface area contributed by atoms with E-state index >= 15 is 0 Å². The Morgan fingerprint density at radius 3 is 2.45 bits per heavy atom. The van der Waals surface area contributed by atoms with Gasteiger partial charge >= 0.3 is 0 Å². The lowest BCUT2D eigenvalue weighted by Crippen LogP contribution is -2.36. The number of nitrogens with one attached hydrogen (secondary N) is 1. The second kappa shape index (κ2) is 9.17. The molecule has 1 rings (SSSR count). The molecule has 0 saturated heterocycles. The zero-order chi connectivity index (χ0) is 15.0. The molecule has 0 bridgehead atoms. The van der Waals surface area contributed by atoms with E-state index < -0.39 is 0 Å². The zero-order valence-corrected chi connectivity index (χ0v) is 14.0. The minimum Gasteiger partial charge on any atom is -0.311 e. The molecular formula is C17H33N3. The topological polar surface area (TPSA) is 29.9 Å². The monoisotopic (exact) mass is 279 g/mol. The minimum absolute atomic E-state index is 0.540. The van der Waals surface area contributed by atoms with Gasteiger partial charge < -0.3 is 5.32 Å². The standard InChI is InChI=1S/C17H33N3/c1-6-9-10-15(18-14(4)5)13-16-11-12-20(19-16)17(7-2)8-3/h11-12,14-15,17-18H,6-10,13H2,1-5H3. The van der Waals surface area contributed by atoms with Gasteiger partial charge in [0.05, 0.1) is 11.7 Å². The van der Waals surface area contributed by atoms with Gasteiger partial charge in [0.1, 0.15) is 0 Å². The Balaban J connectivity index is 2.63. The van der Waals surface area contributed by atoms with Gasteiger partial charge in [-0.3, -0.25) is 4.68 Å². The highest BCUT2D eigenvalue weighted by atomic mass is 15.3. The third kappa shape index (κ3) is 5.66. The predicted octanol–water partition coefficient (Wildman–Crippen LogP) is 4.34. The highest BCUT2D eigenvalue weighted by Crippen LogP contribution is 2.16. The maximum absolute atomic E-state index is 4.78. The van der Waals surface area contributed by atoms with E-state index in [1.54, 1.807) is 0 Å². The molecule has 0 fully saturated rings. The van der Waals surface area contributed by atoms with Gasteiger partial charge in [-0.15, -0.1) is 0 Å². The third-order valence-corrected chi connectivity index (χ3v) is 3.91. The van der Waals surface area contributed by atoms with Gasteiger partial charge in [0, 0.05) is 24.7 Å². The van der Waals surface area contributed by atoms with E-state index in [-0.39, 0.29) is 0 Å². The summed E-state index contributed by atoms with van der Waals surface area (Å²) in [5, 5.41) is 8.46. The lowest BCUT2D eigenvalue weighted by atomic mass is 10.0. The SMILES string of the molecule is CCCCC(Cc1ccn(C(CC)CC)n1)NC(C)C. The fraction of sp³-hybridized carbons (Fsp3) is 0.824. The fourth-order valence-corrected chi connectivity index (χ4v) is 2.77. The normalized spacial score (nSPS) is 13.3. The van der Waals surface area contributed by atoms with Gasteiger partial charge in [0.2, 0.25) is 0 Å². The van der Waals surface area contributed by atoms with Crippen molar-refractivity contribution in [2.24, 2.45) is 0 Å². The summed E-state index contributed by atoms with van der Waals surface area (Å²) in [4.78, 5) is 0. The first-order valence-electron chi connectivity index (χ1n) is 8.40. The molecule has 0 aliphatic heterocycles. The van der Waals surface area contributed by atoms with Gasteiger partial charge in [0.15, 0.2) is 0 Å². The number of unbranched alkanes of at least 4 members (excludes halogenated alkanes) is 1. The molecule has 1 N–H and O–H groups in total. The first-order valence-corrected chi connectivity index (χ1v) is 8.40. The van der Waals surface area contributed by atoms with E-state index in [0.717, 1.165) is 19.3 Å². The van der Waals surface area contributed by atoms with Crippen LogP contribution >= 0.6 is 0 Å². The van der Waals surface area contributed by atoms with E-state index in [2.05, 4.69) is 56.9 Å². The predicted molar refractivity (Wildman–Crippen MR) is 87.1 cm³/mol. The van der Waals surface area contributed by atoms with E-state index in [4.69, 9.17) is 5.10 Å². The first kappa shape index (κ1) is 17.2. The molecule has 3 heteroatoms. The summed E-state index contributed by atoms with van der Waals surface area (Å²) >= 11 is 0. The Kier molecular flexibility index (Phi) is 7.90. The summed E-state index contributed by atoms with van der Waals surface area (Å²) < 4.78 is 2.15. The van der Waals surface area contributed by atoms with Crippen LogP contribution in [-0.4, -0.2) is 21.9 Å². The van der Waals surface area contributed by atoms with Crippen molar-refractivity contribution < 1.29 is 0 Å². The molecule has 0 saturated carbocycles. The van der Waals surface area contributed by atoms with E-state index in [1.807, 2.05) is 0 Å². The largest absolute Gasteiger partial charge is 0.311 e. The summed E-state index contributed by atoms with van der Waals surface area (Å²) in [5.74, 6) is 0. The molecule has 0 amide bonds. The molecule has 0 radical (unpaired) electrons. The van der Waals surface area contributed by atoms with Crippen molar-refractivity contribution >= 4 is 0 Å². The second-order valence-electron chi connectivity index (χ2n) is 6.12. The number of hydrogen-bond donors (Lipinski definition) is 1. The smallest absolute Gasteiger partial charge is 0.0640 e. The Morgan fingerprint density at radius 2 is 1.90 bits per heavy atom. The van der Waals surface area contributed by atoms with Crippen molar-refractivity contribution in [1.82, 2.24) is 15.1 Å². The summed E-state index contributed by atoms with van der Waals surface area (Å²) in [6, 6.07) is 3.84. The van der Waals surface area contributed by atoms with Crippen molar-refractivity contribution in [3.63, 3.8) is 0 Å². The van der Waals surface area contributed by atoms with Crippen molar-refractivity contribution in [1.29, 1.82) is 0 Å². The molecule has 116 valence electrons. The Hall–Kier alpha value is -0.830. The summed E-state index contributed by atoms with van der Waals surface area (Å²) in [7, 11) is 0. The second-order valence-corrected chi connectivity index (χ2v) is 6.12. The average molecular weight is 279 g/mol. The molecule has 0 spiro atoms. The lowest BCUT2D eigenvalue weighted by Gasteiger charge is -2.20. The van der Waals surface area contributed by atoms with Crippen LogP contribution in [0.15, 0.2) is 12.3 Å². The van der Waals surface area contributed by atoms with E-state index in [9.17, 15) is 0 Å². The van der Waals surface area contributed by atoms with Crippen molar-refractivity contribution in [3.8, 4) is 0 Å². The molecule has 1 aromatic rings. The Morgan fingerprint density at radius 1 is 1.20 bits per heavy atom. The number of rotatable bonds is 10. The summed E-state index contributed by atoms with van der Waals surface area (Å²) in [5.41, 5.74) is 1.23. The van der Waals surface area contributed by atoms with Crippen molar-refractivity contribution in [2.75, 3.05) is 0 Å². The third-order valence-electron chi connectivity index (χ3n) is 3.91. The fourth-order valence-electron chi connectivity index (χ4n) is 2.77. The van der Waals surface area contributed by atoms with Crippen LogP contribution in [0.5, 0.6) is 0 Å². The lowest BCUT2D eigenvalue weighted by molar-refractivity contribution is 0.406. The molecule has 3 nitrogen and oxygen atoms in total. The first-order chi connectivity index (χ1) is 9.60. The molecular weight excluding hydrogens is 246 g/mol. The van der Waals surface area contributed by atoms with Crippen LogP contribution in [0, 0.1) is 0 Å². The van der Waals surface area contributed by atoms with Crippen LogP contribution in [0.1, 0.15) is 78.5 Å². The quantitative estimate of drug-likeness (QED) is 0.690. The molecule has 0 aromatic carbocycles. The van der Waals surface area contributed by atoms with E-state index in [1.165, 1.54) is 25.0 Å². The van der Waals surface area contributed by atoms with Gasteiger partial charge in [-0.05, 0) is 25.3 Å². The summed E-state index contributed by atoms with van der Waals surface area (Å²) in [6.07, 6.45) is 9.30. The Bertz CT molecular complexity index is 353. The minimum atomic E-state index is 0.540. The maximum Gasteiger partial charge on any atom is 0.0640 e. The van der Waals surface area contributed by atoms with Crippen molar-refractivity contribution in [3.05, 3.63) is 18.0 Å². The number of aromatic nitrogens is 2. The van der Waals surface area contributed by atoms with Crippen LogP contribution in [0.25, 0.3) is 0 Å². The van der Waals surface area contributed by atoms with Crippen LogP contribution in [0.2, 0.25) is 0 Å². The molecule has 1 atom stereocenters. The highest BCUT2D eigenvalue weighted by molar-refractivity contribution is 5.02. The molecule has 20 heavy (non-hydrogen) atoms. The number of hydrogen-bond acceptors (Lipinski definition) is 2. The van der Waals surface area contributed by atoms with Gasteiger partial charge in [-0.1, -0.05) is 47.5 Å². The maximum atomic E-state index is 4.78. The van der Waals surface area contributed by atoms with Gasteiger partial charge in [-0.25, -0.2) is 0 Å². The molecule has 1 heterocycles. The molecule has 1 aromatic heterocycles. The van der Waals surface area contributed by atoms with Gasteiger partial charge in [0.25, 0.3) is 0 Å². The summed E-state index contributed by atoms with van der Waals surface area (Å²) in [6.45, 7) is 11.2. The molecule has 0 aliphatic carbocycles. The molecule has 1 unspecified atom stereocenters. The zero-order valence-electron chi connectivity index (χ0n) is 14.0. The highest BCUT2D eigenvalue weighted by Gasteiger charge is 2.13.